The molecule has 0 heterocycles. The van der Waals surface area contributed by atoms with E-state index in [0.29, 0.717) is 18.8 Å². The van der Waals surface area contributed by atoms with E-state index in [1.807, 2.05) is 13.2 Å². The summed E-state index contributed by atoms with van der Waals surface area (Å²) in [4.78, 5) is 0.261. The first-order valence-electron chi connectivity index (χ1n) is 6.28. The highest BCUT2D eigenvalue weighted by Crippen LogP contribution is 2.22. The summed E-state index contributed by atoms with van der Waals surface area (Å²) < 4.78 is 32.3. The Morgan fingerprint density at radius 2 is 2.10 bits per heavy atom. The summed E-state index contributed by atoms with van der Waals surface area (Å²) in [5.74, 6) is 0.677. The molecule has 1 rings (SSSR count). The molecule has 0 radical (unpaired) electrons. The van der Waals surface area contributed by atoms with Crippen LogP contribution in [0.25, 0.3) is 0 Å². The second kappa shape index (κ2) is 7.87. The maximum absolute atomic E-state index is 12.2. The minimum atomic E-state index is -3.48. The molecule has 1 unspecified atom stereocenters. The molecule has 5 nitrogen and oxygen atoms in total. The standard InChI is InChI=1S/C13H22N2O3S2/c1-10(19-4)8-15-20(16,17)12-5-6-13(18-3)11(7-12)9-14-2/h5-7,10,14-15H,8-9H2,1-4H3. The van der Waals surface area contributed by atoms with Gasteiger partial charge in [-0.1, -0.05) is 6.92 Å². The van der Waals surface area contributed by atoms with Crippen LogP contribution in [0.1, 0.15) is 12.5 Å². The van der Waals surface area contributed by atoms with Crippen LogP contribution in [0.3, 0.4) is 0 Å². The van der Waals surface area contributed by atoms with Gasteiger partial charge in [0.25, 0.3) is 0 Å². The van der Waals surface area contributed by atoms with Gasteiger partial charge in [-0.2, -0.15) is 11.8 Å². The average Bonchev–Trinajstić information content (AvgIpc) is 2.45. The van der Waals surface area contributed by atoms with E-state index >= 15 is 0 Å². The molecule has 0 aliphatic rings. The smallest absolute Gasteiger partial charge is 0.240 e. The molecule has 0 aliphatic carbocycles. The van der Waals surface area contributed by atoms with Crippen molar-refractivity contribution in [2.24, 2.45) is 0 Å². The second-order valence-corrected chi connectivity index (χ2v) is 7.45. The van der Waals surface area contributed by atoms with Crippen molar-refractivity contribution in [3.63, 3.8) is 0 Å². The van der Waals surface area contributed by atoms with Gasteiger partial charge in [-0.05, 0) is 31.5 Å². The topological polar surface area (TPSA) is 67.4 Å². The lowest BCUT2D eigenvalue weighted by Crippen LogP contribution is -2.29. The molecule has 7 heteroatoms. The third kappa shape index (κ3) is 4.66. The van der Waals surface area contributed by atoms with Crippen LogP contribution < -0.4 is 14.8 Å². The van der Waals surface area contributed by atoms with Gasteiger partial charge in [0, 0.05) is 23.9 Å². The third-order valence-electron chi connectivity index (χ3n) is 2.89. The molecule has 0 saturated carbocycles. The predicted octanol–water partition coefficient (Wildman–Crippen LogP) is 1.44. The van der Waals surface area contributed by atoms with Crippen molar-refractivity contribution in [1.82, 2.24) is 10.0 Å². The Morgan fingerprint density at radius 3 is 2.65 bits per heavy atom. The molecule has 1 aromatic rings. The molecule has 2 N–H and O–H groups in total. The SMILES string of the molecule is CNCc1cc(S(=O)(=O)NCC(C)SC)ccc1OC. The molecule has 0 saturated heterocycles. The summed E-state index contributed by atoms with van der Waals surface area (Å²) in [6.07, 6.45) is 1.96. The Balaban J connectivity index is 2.97. The number of hydrogen-bond donors (Lipinski definition) is 2. The molecular weight excluding hydrogens is 296 g/mol. The summed E-state index contributed by atoms with van der Waals surface area (Å²) in [5.41, 5.74) is 0.816. The van der Waals surface area contributed by atoms with Gasteiger partial charge in [0.15, 0.2) is 0 Å². The van der Waals surface area contributed by atoms with E-state index in [4.69, 9.17) is 4.74 Å². The van der Waals surface area contributed by atoms with E-state index in [2.05, 4.69) is 10.0 Å². The average molecular weight is 318 g/mol. The number of rotatable bonds is 8. The number of benzene rings is 1. The summed E-state index contributed by atoms with van der Waals surface area (Å²) >= 11 is 1.62. The van der Waals surface area contributed by atoms with Gasteiger partial charge >= 0.3 is 0 Å². The van der Waals surface area contributed by atoms with Crippen molar-refractivity contribution in [2.75, 3.05) is 27.0 Å². The van der Waals surface area contributed by atoms with Gasteiger partial charge in [-0.25, -0.2) is 13.1 Å². The zero-order chi connectivity index (χ0) is 15.2. The van der Waals surface area contributed by atoms with Crippen LogP contribution in [0, 0.1) is 0 Å². The van der Waals surface area contributed by atoms with Gasteiger partial charge < -0.3 is 10.1 Å². The summed E-state index contributed by atoms with van der Waals surface area (Å²) in [6.45, 7) is 2.94. The van der Waals surface area contributed by atoms with Crippen LogP contribution in [0.4, 0.5) is 0 Å². The first-order chi connectivity index (χ1) is 9.44. The number of hydrogen-bond acceptors (Lipinski definition) is 5. The fraction of sp³-hybridized carbons (Fsp3) is 0.538. The highest BCUT2D eigenvalue weighted by atomic mass is 32.2. The minimum Gasteiger partial charge on any atom is -0.496 e. The third-order valence-corrected chi connectivity index (χ3v) is 5.29. The Hall–Kier alpha value is -0.760. The molecule has 0 amide bonds. The first-order valence-corrected chi connectivity index (χ1v) is 9.05. The number of thioether (sulfide) groups is 1. The van der Waals surface area contributed by atoms with Crippen LogP contribution in [-0.4, -0.2) is 40.6 Å². The lowest BCUT2D eigenvalue weighted by atomic mass is 10.2. The lowest BCUT2D eigenvalue weighted by Gasteiger charge is -2.13. The Labute approximate surface area is 125 Å². The molecule has 0 fully saturated rings. The fourth-order valence-electron chi connectivity index (χ4n) is 1.64. The molecule has 0 spiro atoms. The summed E-state index contributed by atoms with van der Waals surface area (Å²) in [5, 5.41) is 3.23. The second-order valence-electron chi connectivity index (χ2n) is 4.40. The maximum atomic E-state index is 12.2. The van der Waals surface area contributed by atoms with Crippen molar-refractivity contribution in [1.29, 1.82) is 0 Å². The van der Waals surface area contributed by atoms with Crippen molar-refractivity contribution < 1.29 is 13.2 Å². The van der Waals surface area contributed by atoms with Gasteiger partial charge in [0.2, 0.25) is 10.0 Å². The van der Waals surface area contributed by atoms with Gasteiger partial charge in [-0.3, -0.25) is 0 Å². The first kappa shape index (κ1) is 17.3. The lowest BCUT2D eigenvalue weighted by molar-refractivity contribution is 0.408. The number of ether oxygens (including phenoxy) is 1. The van der Waals surface area contributed by atoms with Crippen LogP contribution >= 0.6 is 11.8 Å². The zero-order valence-corrected chi connectivity index (χ0v) is 13.9. The van der Waals surface area contributed by atoms with E-state index in [0.717, 1.165) is 5.56 Å². The van der Waals surface area contributed by atoms with E-state index in [1.54, 1.807) is 44.1 Å². The Bertz CT molecular complexity index is 532. The molecule has 114 valence electrons. The van der Waals surface area contributed by atoms with Gasteiger partial charge in [-0.15, -0.1) is 0 Å². The van der Waals surface area contributed by atoms with Crippen LogP contribution in [-0.2, 0) is 16.6 Å². The van der Waals surface area contributed by atoms with Crippen molar-refractivity contribution in [2.45, 2.75) is 23.6 Å². The fourth-order valence-corrected chi connectivity index (χ4v) is 3.18. The van der Waals surface area contributed by atoms with Gasteiger partial charge in [0.1, 0.15) is 5.75 Å². The molecule has 20 heavy (non-hydrogen) atoms. The molecule has 1 atom stereocenters. The van der Waals surface area contributed by atoms with Crippen molar-refractivity contribution >= 4 is 21.8 Å². The van der Waals surface area contributed by atoms with Crippen molar-refractivity contribution in [3.05, 3.63) is 23.8 Å². The Kier molecular flexibility index (Phi) is 6.81. The largest absolute Gasteiger partial charge is 0.496 e. The van der Waals surface area contributed by atoms with E-state index in [9.17, 15) is 8.42 Å². The minimum absolute atomic E-state index is 0.236. The quantitative estimate of drug-likeness (QED) is 0.759. The van der Waals surface area contributed by atoms with E-state index in [1.165, 1.54) is 0 Å². The summed E-state index contributed by atoms with van der Waals surface area (Å²) in [6, 6.07) is 4.88. The van der Waals surface area contributed by atoms with Crippen LogP contribution in [0.15, 0.2) is 23.1 Å². The molecule has 0 bridgehead atoms. The zero-order valence-electron chi connectivity index (χ0n) is 12.3. The number of nitrogens with one attached hydrogen (secondary N) is 2. The van der Waals surface area contributed by atoms with Crippen molar-refractivity contribution in [3.8, 4) is 5.75 Å². The normalized spacial score (nSPS) is 13.2. The van der Waals surface area contributed by atoms with Gasteiger partial charge in [0.05, 0.1) is 12.0 Å². The highest BCUT2D eigenvalue weighted by Gasteiger charge is 2.17. The van der Waals surface area contributed by atoms with E-state index < -0.39 is 10.0 Å². The van der Waals surface area contributed by atoms with Crippen LogP contribution in [0.5, 0.6) is 5.75 Å². The number of sulfonamides is 1. The maximum Gasteiger partial charge on any atom is 0.240 e. The van der Waals surface area contributed by atoms with Crippen LogP contribution in [0.2, 0.25) is 0 Å². The number of methoxy groups -OCH3 is 1. The summed E-state index contributed by atoms with van der Waals surface area (Å²) in [7, 11) is -0.103. The Morgan fingerprint density at radius 1 is 1.40 bits per heavy atom. The van der Waals surface area contributed by atoms with E-state index in [-0.39, 0.29) is 10.1 Å². The molecule has 1 aromatic carbocycles. The molecule has 0 aliphatic heterocycles. The monoisotopic (exact) mass is 318 g/mol. The molecule has 0 aromatic heterocycles. The predicted molar refractivity (Wildman–Crippen MR) is 83.9 cm³/mol. The highest BCUT2D eigenvalue weighted by molar-refractivity contribution is 7.99. The molecular formula is C13H22N2O3S2.